The van der Waals surface area contributed by atoms with Crippen molar-refractivity contribution in [3.05, 3.63) is 0 Å². The minimum Gasteiger partial charge on any atom is -0.379 e. The fourth-order valence-electron chi connectivity index (χ4n) is 2.88. The monoisotopic (exact) mass is 314 g/mol. The third-order valence-corrected chi connectivity index (χ3v) is 5.89. The lowest BCUT2D eigenvalue weighted by atomic mass is 10.1. The van der Waals surface area contributed by atoms with Gasteiger partial charge in [0.25, 0.3) is 0 Å². The van der Waals surface area contributed by atoms with Crippen molar-refractivity contribution in [2.45, 2.75) is 37.5 Å². The molecule has 0 amide bonds. The number of thioether (sulfide) groups is 1. The molecule has 2 unspecified atom stereocenters. The number of rotatable bonds is 5. The van der Waals surface area contributed by atoms with Gasteiger partial charge >= 0.3 is 0 Å². The third kappa shape index (κ3) is 5.34. The molecular formula is C15H30N4OS. The number of hydrogen-bond acceptors (Lipinski definition) is 4. The zero-order valence-corrected chi connectivity index (χ0v) is 14.5. The number of morpholine rings is 1. The molecule has 21 heavy (non-hydrogen) atoms. The largest absolute Gasteiger partial charge is 0.379 e. The fraction of sp³-hybridized carbons (Fsp3) is 0.933. The molecule has 2 saturated heterocycles. The van der Waals surface area contributed by atoms with Crippen molar-refractivity contribution in [2.24, 2.45) is 4.99 Å². The van der Waals surface area contributed by atoms with Gasteiger partial charge in [0.15, 0.2) is 5.96 Å². The zero-order chi connectivity index (χ0) is 15.1. The normalized spacial score (nSPS) is 31.4. The van der Waals surface area contributed by atoms with Crippen LogP contribution in [0.15, 0.2) is 4.99 Å². The summed E-state index contributed by atoms with van der Waals surface area (Å²) in [6.07, 6.45) is 2.64. The molecule has 122 valence electrons. The van der Waals surface area contributed by atoms with Gasteiger partial charge in [0.05, 0.1) is 13.2 Å². The molecule has 5 nitrogen and oxygen atoms in total. The minimum atomic E-state index is 0.371. The smallest absolute Gasteiger partial charge is 0.191 e. The van der Waals surface area contributed by atoms with Crippen LogP contribution >= 0.6 is 11.8 Å². The highest BCUT2D eigenvalue weighted by Crippen LogP contribution is 2.36. The van der Waals surface area contributed by atoms with Crippen molar-refractivity contribution in [1.82, 2.24) is 15.5 Å². The summed E-state index contributed by atoms with van der Waals surface area (Å²) in [7, 11) is 1.84. The van der Waals surface area contributed by atoms with Crippen molar-refractivity contribution in [3.8, 4) is 0 Å². The zero-order valence-electron chi connectivity index (χ0n) is 13.7. The van der Waals surface area contributed by atoms with Gasteiger partial charge in [0.2, 0.25) is 0 Å². The van der Waals surface area contributed by atoms with Crippen molar-refractivity contribution >= 4 is 17.7 Å². The van der Waals surface area contributed by atoms with Gasteiger partial charge in [-0.05, 0) is 32.4 Å². The molecule has 0 spiro atoms. The topological polar surface area (TPSA) is 48.9 Å². The van der Waals surface area contributed by atoms with Gasteiger partial charge in [-0.15, -0.1) is 0 Å². The average molecular weight is 314 g/mol. The summed E-state index contributed by atoms with van der Waals surface area (Å²) in [6, 6.07) is 0.518. The van der Waals surface area contributed by atoms with Gasteiger partial charge in [0, 0.05) is 44.0 Å². The Morgan fingerprint density at radius 1 is 1.48 bits per heavy atom. The van der Waals surface area contributed by atoms with Crippen LogP contribution in [0.1, 0.15) is 26.7 Å². The molecular weight excluding hydrogens is 284 g/mol. The van der Waals surface area contributed by atoms with E-state index in [1.54, 1.807) is 0 Å². The first-order valence-electron chi connectivity index (χ1n) is 8.03. The second-order valence-corrected chi connectivity index (χ2v) is 7.90. The van der Waals surface area contributed by atoms with E-state index < -0.39 is 0 Å². The molecule has 0 radical (unpaired) electrons. The molecule has 0 aromatic rings. The molecule has 2 fully saturated rings. The Labute approximate surface area is 133 Å². The third-order valence-electron chi connectivity index (χ3n) is 4.35. The molecule has 6 heteroatoms. The van der Waals surface area contributed by atoms with Crippen LogP contribution in [0.3, 0.4) is 0 Å². The predicted molar refractivity (Wildman–Crippen MR) is 91.3 cm³/mol. The van der Waals surface area contributed by atoms with E-state index in [4.69, 9.17) is 4.74 Å². The maximum atomic E-state index is 5.47. The lowest BCUT2D eigenvalue weighted by Crippen LogP contribution is -2.49. The number of hydrogen-bond donors (Lipinski definition) is 2. The standard InChI is InChI=1S/C15H30N4OS/c1-13-11-20-9-8-19(13)7-6-17-14(16-3)18-12-15(2)5-4-10-21-15/h13H,4-12H2,1-3H3,(H2,16,17,18). The molecule has 0 aromatic heterocycles. The van der Waals surface area contributed by atoms with Crippen molar-refractivity contribution in [3.63, 3.8) is 0 Å². The maximum absolute atomic E-state index is 5.47. The maximum Gasteiger partial charge on any atom is 0.191 e. The van der Waals surface area contributed by atoms with Crippen molar-refractivity contribution < 1.29 is 4.74 Å². The van der Waals surface area contributed by atoms with E-state index >= 15 is 0 Å². The fourth-order valence-corrected chi connectivity index (χ4v) is 4.12. The van der Waals surface area contributed by atoms with E-state index in [2.05, 4.69) is 46.1 Å². The summed E-state index contributed by atoms with van der Waals surface area (Å²) in [6.45, 7) is 10.3. The van der Waals surface area contributed by atoms with E-state index in [9.17, 15) is 0 Å². The quantitative estimate of drug-likeness (QED) is 0.589. The molecule has 0 saturated carbocycles. The SMILES string of the molecule is CN=C(NCCN1CCOCC1C)NCC1(C)CCCS1. The second kappa shape index (κ2) is 8.25. The Bertz CT molecular complexity index is 345. The van der Waals surface area contributed by atoms with Crippen LogP contribution < -0.4 is 10.6 Å². The van der Waals surface area contributed by atoms with Crippen LogP contribution in [0.2, 0.25) is 0 Å². The van der Waals surface area contributed by atoms with Crippen molar-refractivity contribution in [2.75, 3.05) is 52.2 Å². The first-order valence-corrected chi connectivity index (χ1v) is 9.02. The molecule has 2 rings (SSSR count). The summed E-state index contributed by atoms with van der Waals surface area (Å²) in [5.41, 5.74) is 0. The second-order valence-electron chi connectivity index (χ2n) is 6.21. The Hall–Kier alpha value is -0.460. The Kier molecular flexibility index (Phi) is 6.64. The Morgan fingerprint density at radius 2 is 2.33 bits per heavy atom. The molecule has 0 aliphatic carbocycles. The van der Waals surface area contributed by atoms with E-state index in [1.807, 2.05) is 7.05 Å². The average Bonchev–Trinajstić information content (AvgIpc) is 2.91. The van der Waals surface area contributed by atoms with E-state index in [-0.39, 0.29) is 0 Å². The predicted octanol–water partition coefficient (Wildman–Crippen LogP) is 1.16. The minimum absolute atomic E-state index is 0.371. The van der Waals surface area contributed by atoms with E-state index in [1.165, 1.54) is 18.6 Å². The summed E-state index contributed by atoms with van der Waals surface area (Å²) in [5, 5.41) is 6.90. The molecule has 2 N–H and O–H groups in total. The van der Waals surface area contributed by atoms with Crippen LogP contribution in [-0.2, 0) is 4.74 Å². The summed E-state index contributed by atoms with van der Waals surface area (Å²) in [5.74, 6) is 2.21. The molecule has 0 bridgehead atoms. The van der Waals surface area contributed by atoms with Gasteiger partial charge < -0.3 is 15.4 Å². The van der Waals surface area contributed by atoms with Gasteiger partial charge in [0.1, 0.15) is 0 Å². The lowest BCUT2D eigenvalue weighted by Gasteiger charge is -2.33. The van der Waals surface area contributed by atoms with Crippen LogP contribution in [0.5, 0.6) is 0 Å². The highest BCUT2D eigenvalue weighted by Gasteiger charge is 2.29. The first kappa shape index (κ1) is 16.9. The summed E-state index contributed by atoms with van der Waals surface area (Å²) >= 11 is 2.08. The molecule has 2 aliphatic rings. The van der Waals surface area contributed by atoms with Gasteiger partial charge in [-0.2, -0.15) is 11.8 Å². The van der Waals surface area contributed by atoms with Crippen LogP contribution in [0, 0.1) is 0 Å². The van der Waals surface area contributed by atoms with E-state index in [0.29, 0.717) is 10.8 Å². The molecule has 2 atom stereocenters. The van der Waals surface area contributed by atoms with Gasteiger partial charge in [-0.3, -0.25) is 9.89 Å². The van der Waals surface area contributed by atoms with Gasteiger partial charge in [-0.25, -0.2) is 0 Å². The number of ether oxygens (including phenoxy) is 1. The molecule has 2 heterocycles. The number of nitrogens with zero attached hydrogens (tertiary/aromatic N) is 2. The van der Waals surface area contributed by atoms with Crippen LogP contribution in [0.4, 0.5) is 0 Å². The summed E-state index contributed by atoms with van der Waals surface area (Å²) in [4.78, 5) is 6.79. The number of nitrogens with one attached hydrogen (secondary N) is 2. The number of aliphatic imine (C=N–C) groups is 1. The summed E-state index contributed by atoms with van der Waals surface area (Å²) < 4.78 is 5.84. The van der Waals surface area contributed by atoms with E-state index in [0.717, 1.165) is 45.4 Å². The van der Waals surface area contributed by atoms with Crippen molar-refractivity contribution in [1.29, 1.82) is 0 Å². The van der Waals surface area contributed by atoms with Crippen LogP contribution in [-0.4, -0.2) is 73.8 Å². The Morgan fingerprint density at radius 3 is 3.00 bits per heavy atom. The highest BCUT2D eigenvalue weighted by molar-refractivity contribution is 8.00. The highest BCUT2D eigenvalue weighted by atomic mass is 32.2. The lowest BCUT2D eigenvalue weighted by molar-refractivity contribution is 0.000879. The Balaban J connectivity index is 1.65. The van der Waals surface area contributed by atoms with Gasteiger partial charge in [-0.1, -0.05) is 0 Å². The van der Waals surface area contributed by atoms with Crippen LogP contribution in [0.25, 0.3) is 0 Å². The molecule has 0 aromatic carbocycles. The number of guanidine groups is 1. The molecule has 2 aliphatic heterocycles. The first-order chi connectivity index (χ1) is 10.1.